The standard InChI is InChI=1S/C13H16N2O2.CH2O2/c1-5-10-8(2)17-9(3)12(10)13(16)11-6-15(4)7-14-11;2-1-3/h6-7H,5H2,1-4H3;1H,(H,2,3). The quantitative estimate of drug-likeness (QED) is 0.686. The molecule has 0 aromatic carbocycles. The molecule has 0 fully saturated rings. The van der Waals surface area contributed by atoms with Crippen LogP contribution in [-0.4, -0.2) is 26.9 Å². The Morgan fingerprint density at radius 2 is 2.05 bits per heavy atom. The summed E-state index contributed by atoms with van der Waals surface area (Å²) in [5, 5.41) is 6.89. The van der Waals surface area contributed by atoms with Crippen LogP contribution in [0.25, 0.3) is 0 Å². The number of carbonyl (C=O) groups is 2. The molecule has 0 aliphatic heterocycles. The lowest BCUT2D eigenvalue weighted by Crippen LogP contribution is -2.05. The lowest BCUT2D eigenvalue weighted by Gasteiger charge is -1.99. The highest BCUT2D eigenvalue weighted by Gasteiger charge is 2.22. The maximum absolute atomic E-state index is 12.3. The number of furan rings is 1. The van der Waals surface area contributed by atoms with Gasteiger partial charge in [0.2, 0.25) is 5.78 Å². The Balaban J connectivity index is 0.000000612. The summed E-state index contributed by atoms with van der Waals surface area (Å²) in [4.78, 5) is 24.8. The second-order valence-electron chi connectivity index (χ2n) is 4.28. The number of ketones is 1. The van der Waals surface area contributed by atoms with Gasteiger partial charge >= 0.3 is 0 Å². The Morgan fingerprint density at radius 1 is 1.45 bits per heavy atom. The fourth-order valence-corrected chi connectivity index (χ4v) is 2.11. The predicted octanol–water partition coefficient (Wildman–Crippen LogP) is 2.12. The van der Waals surface area contributed by atoms with Crippen molar-refractivity contribution in [2.24, 2.45) is 7.05 Å². The number of rotatable bonds is 3. The van der Waals surface area contributed by atoms with Gasteiger partial charge in [-0.15, -0.1) is 0 Å². The van der Waals surface area contributed by atoms with Crippen LogP contribution in [-0.2, 0) is 18.3 Å². The first-order valence-corrected chi connectivity index (χ1v) is 6.15. The van der Waals surface area contributed by atoms with Crippen LogP contribution >= 0.6 is 0 Å². The third kappa shape index (κ3) is 3.14. The highest BCUT2D eigenvalue weighted by molar-refractivity contribution is 6.09. The molecule has 0 saturated carbocycles. The summed E-state index contributed by atoms with van der Waals surface area (Å²) in [5.74, 6) is 1.44. The van der Waals surface area contributed by atoms with Crippen LogP contribution < -0.4 is 0 Å². The van der Waals surface area contributed by atoms with Gasteiger partial charge in [-0.05, 0) is 20.3 Å². The molecule has 2 aromatic heterocycles. The van der Waals surface area contributed by atoms with Gasteiger partial charge in [0.15, 0.2) is 0 Å². The highest BCUT2D eigenvalue weighted by Crippen LogP contribution is 2.24. The van der Waals surface area contributed by atoms with Crippen LogP contribution in [0.1, 0.15) is 40.1 Å². The fourth-order valence-electron chi connectivity index (χ4n) is 2.11. The van der Waals surface area contributed by atoms with E-state index in [1.165, 1.54) is 0 Å². The maximum Gasteiger partial charge on any atom is 0.290 e. The van der Waals surface area contributed by atoms with Crippen molar-refractivity contribution in [1.29, 1.82) is 0 Å². The molecule has 0 bridgehead atoms. The topological polar surface area (TPSA) is 85.3 Å². The molecule has 6 heteroatoms. The Morgan fingerprint density at radius 3 is 2.50 bits per heavy atom. The molecule has 0 aliphatic rings. The smallest absolute Gasteiger partial charge is 0.290 e. The van der Waals surface area contributed by atoms with Gasteiger partial charge in [0.05, 0.1) is 11.9 Å². The molecule has 2 aromatic rings. The largest absolute Gasteiger partial charge is 0.483 e. The van der Waals surface area contributed by atoms with Gasteiger partial charge < -0.3 is 14.1 Å². The SMILES string of the molecule is CCc1c(C)oc(C)c1C(=O)c1cn(C)cn1.O=CO. The first-order chi connectivity index (χ1) is 9.46. The third-order valence-electron chi connectivity index (χ3n) is 2.90. The Hall–Kier alpha value is -2.37. The minimum absolute atomic E-state index is 0.0585. The van der Waals surface area contributed by atoms with E-state index in [1.807, 2.05) is 27.8 Å². The van der Waals surface area contributed by atoms with E-state index in [4.69, 9.17) is 14.3 Å². The average Bonchev–Trinajstić information content (AvgIpc) is 2.93. The molecule has 1 N–H and O–H groups in total. The number of hydrogen-bond donors (Lipinski definition) is 1. The minimum atomic E-state index is -0.250. The van der Waals surface area contributed by atoms with E-state index in [1.54, 1.807) is 17.1 Å². The van der Waals surface area contributed by atoms with Gasteiger partial charge in [-0.3, -0.25) is 9.59 Å². The van der Waals surface area contributed by atoms with E-state index in [-0.39, 0.29) is 12.3 Å². The first kappa shape index (κ1) is 15.7. The van der Waals surface area contributed by atoms with Crippen molar-refractivity contribution < 1.29 is 19.1 Å². The lowest BCUT2D eigenvalue weighted by atomic mass is 10.0. The minimum Gasteiger partial charge on any atom is -0.483 e. The summed E-state index contributed by atoms with van der Waals surface area (Å²) in [6.07, 6.45) is 4.14. The molecule has 0 spiro atoms. The van der Waals surface area contributed by atoms with E-state index in [9.17, 15) is 4.79 Å². The van der Waals surface area contributed by atoms with Crippen LogP contribution in [0.5, 0.6) is 0 Å². The van der Waals surface area contributed by atoms with Gasteiger partial charge in [0.1, 0.15) is 17.2 Å². The number of carboxylic acid groups (broad SMARTS) is 1. The summed E-state index contributed by atoms with van der Waals surface area (Å²) in [7, 11) is 1.85. The number of imidazole rings is 1. The molecule has 2 rings (SSSR count). The van der Waals surface area contributed by atoms with Crippen molar-refractivity contribution >= 4 is 12.3 Å². The molecule has 0 amide bonds. The van der Waals surface area contributed by atoms with Crippen molar-refractivity contribution in [3.05, 3.63) is 40.9 Å². The Kier molecular flexibility index (Phi) is 5.25. The highest BCUT2D eigenvalue weighted by atomic mass is 16.3. The van der Waals surface area contributed by atoms with E-state index < -0.39 is 0 Å². The average molecular weight is 278 g/mol. The van der Waals surface area contributed by atoms with Gasteiger partial charge in [-0.25, -0.2) is 4.98 Å². The molecule has 0 atom stereocenters. The lowest BCUT2D eigenvalue weighted by molar-refractivity contribution is -0.122. The van der Waals surface area contributed by atoms with Crippen LogP contribution in [0.3, 0.4) is 0 Å². The maximum atomic E-state index is 12.3. The number of hydrogen-bond acceptors (Lipinski definition) is 4. The van der Waals surface area contributed by atoms with Gasteiger partial charge in [0.25, 0.3) is 6.47 Å². The van der Waals surface area contributed by atoms with Crippen molar-refractivity contribution in [2.75, 3.05) is 0 Å². The van der Waals surface area contributed by atoms with E-state index in [2.05, 4.69) is 4.98 Å². The van der Waals surface area contributed by atoms with E-state index >= 15 is 0 Å². The van der Waals surface area contributed by atoms with Crippen LogP contribution in [0.4, 0.5) is 0 Å². The van der Waals surface area contributed by atoms with Crippen LogP contribution in [0.2, 0.25) is 0 Å². The summed E-state index contributed by atoms with van der Waals surface area (Å²) in [6.45, 7) is 5.48. The zero-order valence-electron chi connectivity index (χ0n) is 12.0. The zero-order chi connectivity index (χ0) is 15.3. The van der Waals surface area contributed by atoms with Crippen LogP contribution in [0, 0.1) is 13.8 Å². The number of nitrogens with zero attached hydrogens (tertiary/aromatic N) is 2. The van der Waals surface area contributed by atoms with Crippen molar-refractivity contribution in [3.63, 3.8) is 0 Å². The molecule has 0 radical (unpaired) electrons. The molecule has 20 heavy (non-hydrogen) atoms. The number of aromatic nitrogens is 2. The van der Waals surface area contributed by atoms with Crippen molar-refractivity contribution in [2.45, 2.75) is 27.2 Å². The second-order valence-corrected chi connectivity index (χ2v) is 4.28. The summed E-state index contributed by atoms with van der Waals surface area (Å²) >= 11 is 0. The Bertz CT molecular complexity index is 611. The molecular formula is C14H18N2O4. The van der Waals surface area contributed by atoms with Gasteiger partial charge in [-0.1, -0.05) is 6.92 Å². The molecular weight excluding hydrogens is 260 g/mol. The van der Waals surface area contributed by atoms with Crippen molar-refractivity contribution in [1.82, 2.24) is 9.55 Å². The first-order valence-electron chi connectivity index (χ1n) is 6.15. The molecule has 0 aliphatic carbocycles. The molecule has 6 nitrogen and oxygen atoms in total. The van der Waals surface area contributed by atoms with Crippen molar-refractivity contribution in [3.8, 4) is 0 Å². The number of carbonyl (C=O) groups excluding carboxylic acids is 1. The monoisotopic (exact) mass is 278 g/mol. The molecule has 0 unspecified atom stereocenters. The predicted molar refractivity (Wildman–Crippen MR) is 72.9 cm³/mol. The molecule has 0 saturated heterocycles. The zero-order valence-corrected chi connectivity index (χ0v) is 12.0. The number of aryl methyl sites for hydroxylation is 3. The Labute approximate surface area is 117 Å². The van der Waals surface area contributed by atoms with E-state index in [0.717, 1.165) is 17.7 Å². The fraction of sp³-hybridized carbons (Fsp3) is 0.357. The summed E-state index contributed by atoms with van der Waals surface area (Å²) in [5.41, 5.74) is 2.12. The van der Waals surface area contributed by atoms with Gasteiger partial charge in [-0.2, -0.15) is 0 Å². The third-order valence-corrected chi connectivity index (χ3v) is 2.90. The normalized spacial score (nSPS) is 9.80. The second kappa shape index (κ2) is 6.70. The molecule has 108 valence electrons. The van der Waals surface area contributed by atoms with Gasteiger partial charge in [0, 0.05) is 18.8 Å². The van der Waals surface area contributed by atoms with Crippen LogP contribution in [0.15, 0.2) is 16.9 Å². The molecule has 2 heterocycles. The summed E-state index contributed by atoms with van der Waals surface area (Å²) < 4.78 is 7.30. The van der Waals surface area contributed by atoms with E-state index in [0.29, 0.717) is 17.0 Å². The summed E-state index contributed by atoms with van der Waals surface area (Å²) in [6, 6.07) is 0.